The molecule has 1 aromatic rings. The molecule has 0 aromatic heterocycles. The molecule has 4 nitrogen and oxygen atoms in total. The molecule has 17 heavy (non-hydrogen) atoms. The SMILES string of the molecule is CC(C)NCC(O)c1ccc2c(c1)CC(=O)N2. The van der Waals surface area contributed by atoms with Crippen molar-refractivity contribution in [2.75, 3.05) is 11.9 Å². The molecule has 1 amide bonds. The van der Waals surface area contributed by atoms with Crippen molar-refractivity contribution < 1.29 is 9.90 Å². The third-order valence-electron chi connectivity index (χ3n) is 2.86. The van der Waals surface area contributed by atoms with Crippen molar-refractivity contribution in [3.05, 3.63) is 29.3 Å². The third kappa shape index (κ3) is 2.84. The Morgan fingerprint density at radius 2 is 2.24 bits per heavy atom. The monoisotopic (exact) mass is 234 g/mol. The Bertz CT molecular complexity index is 429. The Labute approximate surface area is 101 Å². The number of carbonyl (C=O) groups excluding carboxylic acids is 1. The Morgan fingerprint density at radius 1 is 1.47 bits per heavy atom. The molecule has 0 radical (unpaired) electrons. The van der Waals surface area contributed by atoms with Crippen LogP contribution in [0, 0.1) is 0 Å². The molecular formula is C13H18N2O2. The van der Waals surface area contributed by atoms with Gasteiger partial charge in [0.25, 0.3) is 0 Å². The van der Waals surface area contributed by atoms with Crippen molar-refractivity contribution in [1.29, 1.82) is 0 Å². The highest BCUT2D eigenvalue weighted by Gasteiger charge is 2.19. The van der Waals surface area contributed by atoms with Crippen LogP contribution in [0.2, 0.25) is 0 Å². The van der Waals surface area contributed by atoms with Crippen molar-refractivity contribution in [3.63, 3.8) is 0 Å². The van der Waals surface area contributed by atoms with E-state index < -0.39 is 6.10 Å². The molecule has 1 unspecified atom stereocenters. The maximum absolute atomic E-state index is 11.2. The zero-order chi connectivity index (χ0) is 12.4. The number of hydrogen-bond donors (Lipinski definition) is 3. The molecule has 0 saturated heterocycles. The molecule has 1 atom stereocenters. The van der Waals surface area contributed by atoms with Gasteiger partial charge in [0, 0.05) is 18.3 Å². The van der Waals surface area contributed by atoms with Crippen LogP contribution >= 0.6 is 0 Å². The average Bonchev–Trinajstić information content (AvgIpc) is 2.64. The van der Waals surface area contributed by atoms with Gasteiger partial charge in [0.2, 0.25) is 5.91 Å². The van der Waals surface area contributed by atoms with Crippen LogP contribution in [0.4, 0.5) is 5.69 Å². The highest BCUT2D eigenvalue weighted by Crippen LogP contribution is 2.26. The largest absolute Gasteiger partial charge is 0.387 e. The highest BCUT2D eigenvalue weighted by atomic mass is 16.3. The van der Waals surface area contributed by atoms with Crippen LogP contribution in [0.3, 0.4) is 0 Å². The molecule has 2 rings (SSSR count). The lowest BCUT2D eigenvalue weighted by molar-refractivity contribution is -0.115. The maximum atomic E-state index is 11.2. The van der Waals surface area contributed by atoms with Gasteiger partial charge in [0.15, 0.2) is 0 Å². The fraction of sp³-hybridized carbons (Fsp3) is 0.462. The first-order chi connectivity index (χ1) is 8.06. The molecule has 92 valence electrons. The van der Waals surface area contributed by atoms with E-state index in [2.05, 4.69) is 10.6 Å². The summed E-state index contributed by atoms with van der Waals surface area (Å²) in [5, 5.41) is 16.0. The molecule has 1 aliphatic heterocycles. The summed E-state index contributed by atoms with van der Waals surface area (Å²) in [5.41, 5.74) is 2.69. The Balaban J connectivity index is 2.07. The molecule has 1 aromatic carbocycles. The van der Waals surface area contributed by atoms with E-state index in [9.17, 15) is 9.90 Å². The number of fused-ring (bicyclic) bond motifs is 1. The minimum Gasteiger partial charge on any atom is -0.387 e. The van der Waals surface area contributed by atoms with E-state index in [1.165, 1.54) is 0 Å². The van der Waals surface area contributed by atoms with E-state index >= 15 is 0 Å². The van der Waals surface area contributed by atoms with E-state index in [0.717, 1.165) is 16.8 Å². The number of rotatable bonds is 4. The molecule has 4 heteroatoms. The normalized spacial score (nSPS) is 15.9. The predicted octanol–water partition coefficient (Wildman–Crippen LogP) is 1.21. The molecule has 1 heterocycles. The first-order valence-corrected chi connectivity index (χ1v) is 5.90. The van der Waals surface area contributed by atoms with Crippen LogP contribution in [0.5, 0.6) is 0 Å². The van der Waals surface area contributed by atoms with Gasteiger partial charge in [-0.05, 0) is 17.2 Å². The summed E-state index contributed by atoms with van der Waals surface area (Å²) >= 11 is 0. The quantitative estimate of drug-likeness (QED) is 0.734. The van der Waals surface area contributed by atoms with Gasteiger partial charge in [-0.3, -0.25) is 4.79 Å². The van der Waals surface area contributed by atoms with E-state index in [1.807, 2.05) is 32.0 Å². The Morgan fingerprint density at radius 3 is 2.94 bits per heavy atom. The number of carbonyl (C=O) groups is 1. The molecule has 0 fully saturated rings. The molecular weight excluding hydrogens is 216 g/mol. The average molecular weight is 234 g/mol. The number of hydrogen-bond acceptors (Lipinski definition) is 3. The van der Waals surface area contributed by atoms with Crippen LogP contribution in [0.15, 0.2) is 18.2 Å². The Hall–Kier alpha value is -1.39. The van der Waals surface area contributed by atoms with Crippen LogP contribution in [0.25, 0.3) is 0 Å². The highest BCUT2D eigenvalue weighted by molar-refractivity contribution is 5.99. The van der Waals surface area contributed by atoms with E-state index in [-0.39, 0.29) is 5.91 Å². The first kappa shape index (κ1) is 12.1. The number of nitrogens with one attached hydrogen (secondary N) is 2. The fourth-order valence-electron chi connectivity index (χ4n) is 1.92. The lowest BCUT2D eigenvalue weighted by Crippen LogP contribution is -2.27. The molecule has 0 spiro atoms. The summed E-state index contributed by atoms with van der Waals surface area (Å²) < 4.78 is 0. The summed E-state index contributed by atoms with van der Waals surface area (Å²) in [6.45, 7) is 4.60. The lowest BCUT2D eigenvalue weighted by atomic mass is 10.0. The van der Waals surface area contributed by atoms with Crippen molar-refractivity contribution in [3.8, 4) is 0 Å². The summed E-state index contributed by atoms with van der Waals surface area (Å²) in [6.07, 6.45) is -0.119. The summed E-state index contributed by atoms with van der Waals surface area (Å²) in [5.74, 6) is 0.0203. The van der Waals surface area contributed by atoms with Gasteiger partial charge in [-0.15, -0.1) is 0 Å². The second-order valence-electron chi connectivity index (χ2n) is 4.72. The number of benzene rings is 1. The van der Waals surface area contributed by atoms with Crippen molar-refractivity contribution >= 4 is 11.6 Å². The maximum Gasteiger partial charge on any atom is 0.228 e. The number of anilines is 1. The minimum atomic E-state index is -0.529. The minimum absolute atomic E-state index is 0.0203. The van der Waals surface area contributed by atoms with Gasteiger partial charge >= 0.3 is 0 Å². The van der Waals surface area contributed by atoms with Crippen molar-refractivity contribution in [1.82, 2.24) is 5.32 Å². The molecule has 3 N–H and O–H groups in total. The van der Waals surface area contributed by atoms with E-state index in [0.29, 0.717) is 19.0 Å². The topological polar surface area (TPSA) is 61.4 Å². The first-order valence-electron chi connectivity index (χ1n) is 5.90. The summed E-state index contributed by atoms with van der Waals surface area (Å²) in [7, 11) is 0. The predicted molar refractivity (Wildman–Crippen MR) is 66.9 cm³/mol. The number of aliphatic hydroxyl groups excluding tert-OH is 1. The zero-order valence-corrected chi connectivity index (χ0v) is 10.2. The molecule has 0 bridgehead atoms. The van der Waals surface area contributed by atoms with Crippen LogP contribution in [-0.2, 0) is 11.2 Å². The van der Waals surface area contributed by atoms with Gasteiger partial charge in [-0.2, -0.15) is 0 Å². The standard InChI is InChI=1S/C13H18N2O2/c1-8(2)14-7-12(16)9-3-4-11-10(5-9)6-13(17)15-11/h3-5,8,12,14,16H,6-7H2,1-2H3,(H,15,17). The summed E-state index contributed by atoms with van der Waals surface area (Å²) in [4.78, 5) is 11.2. The lowest BCUT2D eigenvalue weighted by Gasteiger charge is -2.15. The van der Waals surface area contributed by atoms with E-state index in [4.69, 9.17) is 0 Å². The number of aliphatic hydroxyl groups is 1. The smallest absolute Gasteiger partial charge is 0.228 e. The molecule has 0 aliphatic carbocycles. The van der Waals surface area contributed by atoms with Crippen molar-refractivity contribution in [2.45, 2.75) is 32.4 Å². The van der Waals surface area contributed by atoms with E-state index in [1.54, 1.807) is 0 Å². The zero-order valence-electron chi connectivity index (χ0n) is 10.2. The second-order valence-corrected chi connectivity index (χ2v) is 4.72. The van der Waals surface area contributed by atoms with Crippen LogP contribution in [-0.4, -0.2) is 23.6 Å². The van der Waals surface area contributed by atoms with Gasteiger partial charge in [0.1, 0.15) is 0 Å². The molecule has 1 aliphatic rings. The summed E-state index contributed by atoms with van der Waals surface area (Å²) in [6, 6.07) is 5.97. The second kappa shape index (κ2) is 4.85. The fourth-order valence-corrected chi connectivity index (χ4v) is 1.92. The Kier molecular flexibility index (Phi) is 3.45. The van der Waals surface area contributed by atoms with Gasteiger partial charge in [-0.1, -0.05) is 26.0 Å². The van der Waals surface area contributed by atoms with Gasteiger partial charge < -0.3 is 15.7 Å². The molecule has 0 saturated carbocycles. The van der Waals surface area contributed by atoms with Crippen LogP contribution < -0.4 is 10.6 Å². The van der Waals surface area contributed by atoms with Crippen molar-refractivity contribution in [2.24, 2.45) is 0 Å². The number of amides is 1. The van der Waals surface area contributed by atoms with Gasteiger partial charge in [0.05, 0.1) is 12.5 Å². The van der Waals surface area contributed by atoms with Gasteiger partial charge in [-0.25, -0.2) is 0 Å². The third-order valence-corrected chi connectivity index (χ3v) is 2.86. The van der Waals surface area contributed by atoms with Crippen LogP contribution in [0.1, 0.15) is 31.1 Å².